The number of hydrogen-bond acceptors (Lipinski definition) is 7. The number of rotatable bonds is 6. The van der Waals surface area contributed by atoms with E-state index in [2.05, 4.69) is 25.6 Å². The first-order valence-corrected chi connectivity index (χ1v) is 10.4. The summed E-state index contributed by atoms with van der Waals surface area (Å²) in [5, 5.41) is 9.42. The third-order valence-electron chi connectivity index (χ3n) is 5.16. The van der Waals surface area contributed by atoms with E-state index in [1.54, 1.807) is 31.5 Å². The van der Waals surface area contributed by atoms with Gasteiger partial charge in [0.1, 0.15) is 11.4 Å². The zero-order chi connectivity index (χ0) is 22.6. The Labute approximate surface area is 189 Å². The summed E-state index contributed by atoms with van der Waals surface area (Å²) in [6.07, 6.45) is 2.15. The van der Waals surface area contributed by atoms with Gasteiger partial charge in [0, 0.05) is 6.42 Å². The van der Waals surface area contributed by atoms with E-state index in [4.69, 9.17) is 4.74 Å². The van der Waals surface area contributed by atoms with Gasteiger partial charge in [0.2, 0.25) is 0 Å². The number of aromatic nitrogens is 4. The fourth-order valence-corrected chi connectivity index (χ4v) is 3.46. The third-order valence-corrected chi connectivity index (χ3v) is 5.16. The van der Waals surface area contributed by atoms with Crippen LogP contribution in [0, 0.1) is 0 Å². The van der Waals surface area contributed by atoms with Crippen LogP contribution >= 0.6 is 0 Å². The number of anilines is 1. The highest BCUT2D eigenvalue weighted by Crippen LogP contribution is 2.17. The van der Waals surface area contributed by atoms with Crippen molar-refractivity contribution < 1.29 is 4.74 Å². The van der Waals surface area contributed by atoms with Crippen LogP contribution in [-0.2, 0) is 6.42 Å². The molecule has 0 saturated heterocycles. The van der Waals surface area contributed by atoms with Gasteiger partial charge >= 0.3 is 0 Å². The molecule has 0 unspecified atom stereocenters. The summed E-state index contributed by atoms with van der Waals surface area (Å²) in [7, 11) is 1.62. The van der Waals surface area contributed by atoms with Gasteiger partial charge in [0.15, 0.2) is 5.82 Å². The quantitative estimate of drug-likeness (QED) is 0.248. The van der Waals surface area contributed by atoms with Gasteiger partial charge < -0.3 is 4.74 Å². The number of benzene rings is 3. The normalized spacial score (nSPS) is 11.3. The van der Waals surface area contributed by atoms with Crippen molar-refractivity contribution in [2.75, 3.05) is 12.5 Å². The number of fused-ring (bicyclic) bond motifs is 2. The molecular weight excluding hydrogens is 416 g/mol. The Hall–Kier alpha value is -4.59. The third kappa shape index (κ3) is 4.27. The molecule has 0 aliphatic carbocycles. The van der Waals surface area contributed by atoms with Crippen molar-refractivity contribution in [3.63, 3.8) is 0 Å². The van der Waals surface area contributed by atoms with Gasteiger partial charge in [0.05, 0.1) is 24.2 Å². The highest BCUT2D eigenvalue weighted by Gasteiger charge is 2.14. The Bertz CT molecular complexity index is 1510. The lowest BCUT2D eigenvalue weighted by atomic mass is 10.1. The number of hydrazone groups is 1. The molecule has 0 aliphatic heterocycles. The molecule has 162 valence electrons. The highest BCUT2D eigenvalue weighted by molar-refractivity contribution is 5.80. The van der Waals surface area contributed by atoms with Crippen LogP contribution in [0.5, 0.6) is 5.75 Å². The van der Waals surface area contributed by atoms with E-state index < -0.39 is 0 Å². The maximum Gasteiger partial charge on any atom is 0.283 e. The van der Waals surface area contributed by atoms with Crippen LogP contribution < -0.4 is 15.7 Å². The van der Waals surface area contributed by atoms with Crippen LogP contribution in [0.2, 0.25) is 0 Å². The van der Waals surface area contributed by atoms with Gasteiger partial charge in [-0.25, -0.2) is 4.98 Å². The Kier molecular flexibility index (Phi) is 5.47. The molecule has 2 aromatic heterocycles. The first-order chi connectivity index (χ1) is 16.2. The van der Waals surface area contributed by atoms with Gasteiger partial charge in [0.25, 0.3) is 11.3 Å². The number of nitrogens with one attached hydrogen (secondary N) is 1. The molecule has 0 atom stereocenters. The zero-order valence-electron chi connectivity index (χ0n) is 17.8. The Morgan fingerprint density at radius 1 is 0.970 bits per heavy atom. The van der Waals surface area contributed by atoms with Crippen molar-refractivity contribution in [2.45, 2.75) is 6.42 Å². The maximum atomic E-state index is 13.0. The summed E-state index contributed by atoms with van der Waals surface area (Å²) < 4.78 is 6.43. The standard InChI is InChI=1S/C25H20N6O2/c1-33-19-13-11-18(12-14-19)16-26-29-23-22(15-17-7-3-2-4-8-17)30-31-24(32)20-9-5-6-10-21(20)27-25(31)28-23/h2-14,16H,15H2,1H3,(H,27,28,29)/b26-16+. The number of hydrogen-bond donors (Lipinski definition) is 1. The lowest BCUT2D eigenvalue weighted by Crippen LogP contribution is -2.21. The fourth-order valence-electron chi connectivity index (χ4n) is 3.46. The SMILES string of the molecule is COc1ccc(/C=N/Nc2nc3nc4ccccc4c(=O)n3nc2Cc2ccccc2)cc1. The van der Waals surface area contributed by atoms with Crippen molar-refractivity contribution in [3.05, 3.63) is 106 Å². The molecule has 5 rings (SSSR count). The predicted octanol–water partition coefficient (Wildman–Crippen LogP) is 3.68. The van der Waals surface area contributed by atoms with Crippen molar-refractivity contribution in [3.8, 4) is 5.75 Å². The minimum Gasteiger partial charge on any atom is -0.497 e. The Balaban J connectivity index is 1.56. The molecular formula is C25H20N6O2. The molecule has 0 fully saturated rings. The minimum atomic E-state index is -0.259. The summed E-state index contributed by atoms with van der Waals surface area (Å²) in [6, 6.07) is 24.5. The Morgan fingerprint density at radius 3 is 2.52 bits per heavy atom. The topological polar surface area (TPSA) is 93.8 Å². The first-order valence-electron chi connectivity index (χ1n) is 10.4. The Morgan fingerprint density at radius 2 is 1.73 bits per heavy atom. The molecule has 5 aromatic rings. The average molecular weight is 436 g/mol. The monoisotopic (exact) mass is 436 g/mol. The van der Waals surface area contributed by atoms with Crippen LogP contribution in [0.1, 0.15) is 16.8 Å². The molecule has 0 bridgehead atoms. The van der Waals surface area contributed by atoms with Crippen molar-refractivity contribution >= 4 is 28.7 Å². The molecule has 2 heterocycles. The molecule has 0 radical (unpaired) electrons. The second-order valence-electron chi connectivity index (χ2n) is 7.36. The maximum absolute atomic E-state index is 13.0. The van der Waals surface area contributed by atoms with Crippen LogP contribution in [0.15, 0.2) is 88.8 Å². The number of nitrogens with zero attached hydrogens (tertiary/aromatic N) is 5. The molecule has 0 spiro atoms. The van der Waals surface area contributed by atoms with Crippen molar-refractivity contribution in [2.24, 2.45) is 5.10 Å². The van der Waals surface area contributed by atoms with Crippen molar-refractivity contribution in [1.29, 1.82) is 0 Å². The lowest BCUT2D eigenvalue weighted by molar-refractivity contribution is 0.415. The van der Waals surface area contributed by atoms with Crippen LogP contribution in [0.25, 0.3) is 16.7 Å². The zero-order valence-corrected chi connectivity index (χ0v) is 17.8. The first kappa shape index (κ1) is 20.3. The predicted molar refractivity (Wildman–Crippen MR) is 128 cm³/mol. The number of para-hydroxylation sites is 1. The second kappa shape index (κ2) is 8.88. The fraction of sp³-hybridized carbons (Fsp3) is 0.0800. The van der Waals surface area contributed by atoms with E-state index in [1.807, 2.05) is 60.7 Å². The van der Waals surface area contributed by atoms with Crippen molar-refractivity contribution in [1.82, 2.24) is 19.6 Å². The lowest BCUT2D eigenvalue weighted by Gasteiger charge is -2.10. The largest absolute Gasteiger partial charge is 0.497 e. The van der Waals surface area contributed by atoms with Gasteiger partial charge in [-0.2, -0.15) is 19.7 Å². The van der Waals surface area contributed by atoms with Gasteiger partial charge in [-0.1, -0.05) is 42.5 Å². The molecule has 3 aromatic carbocycles. The molecule has 0 aliphatic rings. The summed E-state index contributed by atoms with van der Waals surface area (Å²) in [5.41, 5.74) is 5.80. The second-order valence-corrected chi connectivity index (χ2v) is 7.36. The van der Waals surface area contributed by atoms with E-state index in [9.17, 15) is 4.79 Å². The van der Waals surface area contributed by atoms with Crippen LogP contribution in [0.4, 0.5) is 5.82 Å². The molecule has 0 saturated carbocycles. The van der Waals surface area contributed by atoms with Gasteiger partial charge in [-0.05, 0) is 47.5 Å². The van der Waals surface area contributed by atoms with E-state index >= 15 is 0 Å². The molecule has 1 N–H and O–H groups in total. The summed E-state index contributed by atoms with van der Waals surface area (Å²) >= 11 is 0. The van der Waals surface area contributed by atoms with Crippen LogP contribution in [0.3, 0.4) is 0 Å². The molecule has 0 amide bonds. The summed E-state index contributed by atoms with van der Waals surface area (Å²) in [6.45, 7) is 0. The number of ether oxygens (including phenoxy) is 1. The minimum absolute atomic E-state index is 0.206. The van der Waals surface area contributed by atoms with Gasteiger partial charge in [-0.15, -0.1) is 0 Å². The highest BCUT2D eigenvalue weighted by atomic mass is 16.5. The van der Waals surface area contributed by atoms with Gasteiger partial charge in [-0.3, -0.25) is 10.2 Å². The van der Waals surface area contributed by atoms with E-state index in [0.717, 1.165) is 16.9 Å². The van der Waals surface area contributed by atoms with E-state index in [0.29, 0.717) is 28.8 Å². The average Bonchev–Trinajstić information content (AvgIpc) is 2.86. The van der Waals surface area contributed by atoms with Crippen LogP contribution in [-0.4, -0.2) is 32.9 Å². The van der Waals surface area contributed by atoms with E-state index in [1.165, 1.54) is 4.52 Å². The summed E-state index contributed by atoms with van der Waals surface area (Å²) in [5.74, 6) is 1.41. The van der Waals surface area contributed by atoms with E-state index in [-0.39, 0.29) is 11.3 Å². The molecule has 8 nitrogen and oxygen atoms in total. The summed E-state index contributed by atoms with van der Waals surface area (Å²) in [4.78, 5) is 22.1. The smallest absolute Gasteiger partial charge is 0.283 e. The number of methoxy groups -OCH3 is 1. The molecule has 33 heavy (non-hydrogen) atoms. The molecule has 8 heteroatoms.